The third-order valence-corrected chi connectivity index (χ3v) is 10.7. The van der Waals surface area contributed by atoms with Crippen molar-refractivity contribution < 1.29 is 49.1 Å². The number of hydrogen-bond donors (Lipinski definition) is 3. The van der Waals surface area contributed by atoms with Crippen LogP contribution < -0.4 is 20.5 Å². The number of alkyl halides is 3. The van der Waals surface area contributed by atoms with E-state index in [1.54, 1.807) is 49.6 Å². The molecule has 1 atom stereocenters. The van der Waals surface area contributed by atoms with Crippen LogP contribution in [-0.2, 0) is 35.1 Å². The van der Waals surface area contributed by atoms with E-state index in [1.807, 2.05) is 13.8 Å². The predicted octanol–water partition coefficient (Wildman–Crippen LogP) is 4.08. The number of benzene rings is 3. The van der Waals surface area contributed by atoms with Gasteiger partial charge in [0, 0.05) is 19.2 Å². The molecule has 18 heteroatoms. The smallest absolute Gasteiger partial charge is 0.406 e. The van der Waals surface area contributed by atoms with Crippen molar-refractivity contribution in [1.82, 2.24) is 15.6 Å². The van der Waals surface area contributed by atoms with Crippen molar-refractivity contribution in [2.75, 3.05) is 26.0 Å². The highest BCUT2D eigenvalue weighted by Crippen LogP contribution is 2.33. The van der Waals surface area contributed by atoms with Gasteiger partial charge in [-0.1, -0.05) is 30.3 Å². The molecule has 2 amide bonds. The molecule has 1 unspecified atom stereocenters. The summed E-state index contributed by atoms with van der Waals surface area (Å²) in [5.74, 6) is -3.38. The molecule has 0 aliphatic heterocycles. The van der Waals surface area contributed by atoms with Crippen molar-refractivity contribution in [3.63, 3.8) is 0 Å². The Morgan fingerprint density at radius 3 is 2.18 bits per heavy atom. The van der Waals surface area contributed by atoms with Crippen LogP contribution in [0.3, 0.4) is 0 Å². The molecule has 0 aliphatic rings. The Labute approximate surface area is 284 Å². The maximum atomic E-state index is 13.7. The van der Waals surface area contributed by atoms with Crippen LogP contribution in [0.2, 0.25) is 0 Å². The van der Waals surface area contributed by atoms with E-state index in [9.17, 15) is 39.6 Å². The quantitative estimate of drug-likeness (QED) is 0.171. The van der Waals surface area contributed by atoms with Crippen molar-refractivity contribution in [1.29, 1.82) is 0 Å². The number of methoxy groups -OCH3 is 1. The molecule has 0 spiro atoms. The Morgan fingerprint density at radius 1 is 0.959 bits per heavy atom. The summed E-state index contributed by atoms with van der Waals surface area (Å²) in [4.78, 5) is 30.2. The SMILES string of the molecule is COCC(C)(C)NC(=O)c1ccc(-c2ccc3nc(CS(=O)(=O)C(C(=O)NCCS(N)(=O)=O)c4ccc(OC(F)(F)F)cc4)sc3c2)cc1. The zero-order chi connectivity index (χ0) is 36.2. The summed E-state index contributed by atoms with van der Waals surface area (Å²) in [7, 11) is -6.88. The minimum atomic E-state index is -4.99. The van der Waals surface area contributed by atoms with E-state index in [1.165, 1.54) is 0 Å². The fourth-order valence-corrected chi connectivity index (χ4v) is 8.31. The maximum absolute atomic E-state index is 13.7. The molecule has 0 aliphatic carbocycles. The highest BCUT2D eigenvalue weighted by Gasteiger charge is 2.36. The first-order valence-electron chi connectivity index (χ1n) is 14.4. The summed E-state index contributed by atoms with van der Waals surface area (Å²) < 4.78 is 97.6. The Bertz CT molecular complexity index is 2030. The zero-order valence-corrected chi connectivity index (χ0v) is 28.9. The number of nitrogens with two attached hydrogens (primary N) is 1. The lowest BCUT2D eigenvalue weighted by Crippen LogP contribution is -2.46. The molecule has 0 fully saturated rings. The molecule has 4 N–H and O–H groups in total. The zero-order valence-electron chi connectivity index (χ0n) is 26.4. The first-order valence-corrected chi connectivity index (χ1v) is 18.7. The molecule has 12 nitrogen and oxygen atoms in total. The van der Waals surface area contributed by atoms with E-state index in [4.69, 9.17) is 9.88 Å². The molecular formula is C31H33F3N4O8S3. The molecule has 4 rings (SSSR count). The summed E-state index contributed by atoms with van der Waals surface area (Å²) in [5, 5.41) is 8.31. The Balaban J connectivity index is 1.57. The van der Waals surface area contributed by atoms with Crippen molar-refractivity contribution in [3.05, 3.63) is 82.9 Å². The minimum absolute atomic E-state index is 0.136. The van der Waals surface area contributed by atoms with Crippen LogP contribution in [0.4, 0.5) is 13.2 Å². The molecule has 49 heavy (non-hydrogen) atoms. The fourth-order valence-electron chi connectivity index (χ4n) is 4.83. The van der Waals surface area contributed by atoms with Crippen molar-refractivity contribution in [2.45, 2.75) is 36.8 Å². The first-order chi connectivity index (χ1) is 22.7. The Hall–Kier alpha value is -4.10. The van der Waals surface area contributed by atoms with E-state index in [0.29, 0.717) is 22.4 Å². The average Bonchev–Trinajstić information content (AvgIpc) is 3.37. The van der Waals surface area contributed by atoms with Crippen LogP contribution >= 0.6 is 11.3 Å². The molecule has 0 radical (unpaired) electrons. The van der Waals surface area contributed by atoms with Gasteiger partial charge in [0.05, 0.1) is 28.1 Å². The molecule has 0 bridgehead atoms. The Kier molecular flexibility index (Phi) is 11.4. The number of halogens is 3. The van der Waals surface area contributed by atoms with Crippen LogP contribution in [0.15, 0.2) is 66.7 Å². The standard InChI is InChI=1S/C31H33F3N4O8S3/c1-30(2,18-45-3)38-28(39)21-6-4-19(5-7-21)22-10-13-24-25(16-22)47-26(37-24)17-48(41,42)27(29(40)36-14-15-49(35,43)44)20-8-11-23(12-9-20)46-31(32,33)34/h4-13,16,27H,14-15,17-18H2,1-3H3,(H,36,40)(H,38,39)(H2,35,43,44). The second kappa shape index (κ2) is 14.8. The van der Waals surface area contributed by atoms with Gasteiger partial charge in [-0.05, 0) is 66.9 Å². The topological polar surface area (TPSA) is 184 Å². The lowest BCUT2D eigenvalue weighted by molar-refractivity contribution is -0.274. The Morgan fingerprint density at radius 2 is 1.59 bits per heavy atom. The molecule has 0 saturated heterocycles. The van der Waals surface area contributed by atoms with Gasteiger partial charge in [-0.25, -0.2) is 27.0 Å². The van der Waals surface area contributed by atoms with Gasteiger partial charge in [-0.3, -0.25) is 9.59 Å². The van der Waals surface area contributed by atoms with E-state index < -0.39 is 66.7 Å². The number of amides is 2. The molecule has 4 aromatic rings. The van der Waals surface area contributed by atoms with Crippen LogP contribution in [0, 0.1) is 0 Å². The number of sulfone groups is 1. The van der Waals surface area contributed by atoms with E-state index in [-0.39, 0.29) is 16.5 Å². The number of nitrogens with zero attached hydrogens (tertiary/aromatic N) is 1. The van der Waals surface area contributed by atoms with Gasteiger partial charge in [0.15, 0.2) is 15.1 Å². The lowest BCUT2D eigenvalue weighted by Gasteiger charge is -2.25. The summed E-state index contributed by atoms with van der Waals surface area (Å²) in [6.07, 6.45) is -4.99. The third-order valence-electron chi connectivity index (χ3n) is 6.89. The number of primary sulfonamides is 1. The van der Waals surface area contributed by atoms with Gasteiger partial charge in [-0.15, -0.1) is 24.5 Å². The van der Waals surface area contributed by atoms with E-state index >= 15 is 0 Å². The van der Waals surface area contributed by atoms with Crippen molar-refractivity contribution in [2.24, 2.45) is 5.14 Å². The first kappa shape index (κ1) is 37.7. The van der Waals surface area contributed by atoms with Crippen LogP contribution in [0.5, 0.6) is 5.75 Å². The van der Waals surface area contributed by atoms with Crippen LogP contribution in [0.1, 0.15) is 40.0 Å². The number of nitrogens with one attached hydrogen (secondary N) is 2. The minimum Gasteiger partial charge on any atom is -0.406 e. The summed E-state index contributed by atoms with van der Waals surface area (Å²) >= 11 is 1.07. The number of fused-ring (bicyclic) bond motifs is 1. The normalized spacial score (nSPS) is 13.2. The van der Waals surface area contributed by atoms with Crippen LogP contribution in [0.25, 0.3) is 21.3 Å². The average molecular weight is 743 g/mol. The van der Waals surface area contributed by atoms with Gasteiger partial charge in [-0.2, -0.15) is 0 Å². The number of rotatable bonds is 14. The van der Waals surface area contributed by atoms with E-state index in [2.05, 4.69) is 20.4 Å². The number of hydrogen-bond acceptors (Lipinski definition) is 10. The largest absolute Gasteiger partial charge is 0.573 e. The highest BCUT2D eigenvalue weighted by atomic mass is 32.2. The van der Waals surface area contributed by atoms with E-state index in [0.717, 1.165) is 46.7 Å². The summed E-state index contributed by atoms with van der Waals surface area (Å²) in [6, 6.07) is 15.9. The second-order valence-electron chi connectivity index (χ2n) is 11.6. The molecule has 0 saturated carbocycles. The van der Waals surface area contributed by atoms with Gasteiger partial charge in [0.2, 0.25) is 15.9 Å². The monoisotopic (exact) mass is 742 g/mol. The van der Waals surface area contributed by atoms with Gasteiger partial charge < -0.3 is 20.1 Å². The number of sulfonamides is 1. The molecular weight excluding hydrogens is 710 g/mol. The van der Waals surface area contributed by atoms with Crippen molar-refractivity contribution >= 4 is 53.2 Å². The number of ether oxygens (including phenoxy) is 2. The number of carbonyl (C=O) groups is 2. The highest BCUT2D eigenvalue weighted by molar-refractivity contribution is 7.91. The fraction of sp³-hybridized carbons (Fsp3) is 0.323. The molecule has 3 aromatic carbocycles. The number of aromatic nitrogens is 1. The second-order valence-corrected chi connectivity index (χ2v) is 16.5. The summed E-state index contributed by atoms with van der Waals surface area (Å²) in [6.45, 7) is 3.51. The lowest BCUT2D eigenvalue weighted by atomic mass is 10.0. The number of thiazole rings is 1. The van der Waals surface area contributed by atoms with Crippen LogP contribution in [-0.4, -0.2) is 71.5 Å². The molecule has 1 heterocycles. The predicted molar refractivity (Wildman–Crippen MR) is 178 cm³/mol. The third kappa shape index (κ3) is 10.7. The summed E-state index contributed by atoms with van der Waals surface area (Å²) in [5.41, 5.74) is 1.74. The van der Waals surface area contributed by atoms with Gasteiger partial charge in [0.1, 0.15) is 16.5 Å². The van der Waals surface area contributed by atoms with Crippen molar-refractivity contribution in [3.8, 4) is 16.9 Å². The van der Waals surface area contributed by atoms with Gasteiger partial charge >= 0.3 is 6.36 Å². The number of carbonyl (C=O) groups excluding carboxylic acids is 2. The maximum Gasteiger partial charge on any atom is 0.573 e. The molecule has 1 aromatic heterocycles. The van der Waals surface area contributed by atoms with Gasteiger partial charge in [0.25, 0.3) is 5.91 Å². The molecule has 264 valence electrons.